The molecule has 5 heteroatoms. The van der Waals surface area contributed by atoms with Crippen LogP contribution >= 0.6 is 0 Å². The fraction of sp³-hybridized carbons (Fsp3) is 0.300. The molecule has 1 aliphatic rings. The van der Waals surface area contributed by atoms with Crippen molar-refractivity contribution in [1.29, 1.82) is 0 Å². The van der Waals surface area contributed by atoms with Gasteiger partial charge in [0.2, 0.25) is 5.89 Å². The van der Waals surface area contributed by atoms with Crippen LogP contribution in [0.25, 0.3) is 22.6 Å². The van der Waals surface area contributed by atoms with E-state index in [1.54, 1.807) is 0 Å². The molecule has 128 valence electrons. The van der Waals surface area contributed by atoms with E-state index >= 15 is 0 Å². The first-order valence-electron chi connectivity index (χ1n) is 8.51. The van der Waals surface area contributed by atoms with Crippen molar-refractivity contribution in [2.75, 3.05) is 11.9 Å². The van der Waals surface area contributed by atoms with Crippen LogP contribution in [-0.4, -0.2) is 23.6 Å². The third-order valence-corrected chi connectivity index (χ3v) is 4.51. The number of aromatic nitrogens is 1. The molecule has 25 heavy (non-hydrogen) atoms. The zero-order chi connectivity index (χ0) is 17.4. The summed E-state index contributed by atoms with van der Waals surface area (Å²) < 4.78 is 11.3. The Labute approximate surface area is 146 Å². The number of nitrogens with one attached hydrogen (secondary N) is 1. The molecule has 0 unspecified atom stereocenters. The molecule has 2 aromatic carbocycles. The number of amides is 1. The Hall–Kier alpha value is -2.66. The highest BCUT2D eigenvalue weighted by atomic mass is 16.5. The number of ether oxygens (including phenoxy) is 1. The van der Waals surface area contributed by atoms with Gasteiger partial charge in [-0.15, -0.1) is 0 Å². The molecule has 0 saturated carbocycles. The zero-order valence-electron chi connectivity index (χ0n) is 14.3. The van der Waals surface area contributed by atoms with Crippen LogP contribution in [0, 0.1) is 13.8 Å². The standard InChI is InChI=1S/C20H20N2O3/c1-12-5-8-17-16(10-12)22-20(25-17)14-7-6-13(2)15(11-14)21-19(23)18-4-3-9-24-18/h5-8,10-11,18H,3-4,9H2,1-2H3,(H,21,23)/t18-/m1/s1. The van der Waals surface area contributed by atoms with E-state index in [1.165, 1.54) is 0 Å². The molecule has 1 aromatic heterocycles. The average Bonchev–Trinajstić information content (AvgIpc) is 3.25. The molecule has 4 rings (SSSR count). The minimum atomic E-state index is -0.352. The topological polar surface area (TPSA) is 64.4 Å². The highest BCUT2D eigenvalue weighted by molar-refractivity contribution is 5.95. The summed E-state index contributed by atoms with van der Waals surface area (Å²) in [6.07, 6.45) is 1.35. The third-order valence-electron chi connectivity index (χ3n) is 4.51. The van der Waals surface area contributed by atoms with Crippen molar-refractivity contribution in [3.05, 3.63) is 47.5 Å². The van der Waals surface area contributed by atoms with Gasteiger partial charge in [-0.25, -0.2) is 4.98 Å². The van der Waals surface area contributed by atoms with Crippen molar-refractivity contribution in [2.45, 2.75) is 32.8 Å². The van der Waals surface area contributed by atoms with Crippen molar-refractivity contribution < 1.29 is 13.9 Å². The summed E-state index contributed by atoms with van der Waals surface area (Å²) in [6.45, 7) is 4.64. The molecule has 1 N–H and O–H groups in total. The second kappa shape index (κ2) is 6.33. The van der Waals surface area contributed by atoms with Gasteiger partial charge >= 0.3 is 0 Å². The molecule has 0 aliphatic carbocycles. The molecule has 0 spiro atoms. The van der Waals surface area contributed by atoms with Crippen molar-refractivity contribution in [3.8, 4) is 11.5 Å². The Morgan fingerprint density at radius 1 is 1.20 bits per heavy atom. The number of oxazole rings is 1. The van der Waals surface area contributed by atoms with Crippen LogP contribution in [0.3, 0.4) is 0 Å². The predicted molar refractivity (Wildman–Crippen MR) is 96.5 cm³/mol. The molecular formula is C20H20N2O3. The second-order valence-electron chi connectivity index (χ2n) is 6.51. The van der Waals surface area contributed by atoms with Crippen molar-refractivity contribution in [2.24, 2.45) is 0 Å². The summed E-state index contributed by atoms with van der Waals surface area (Å²) in [5.74, 6) is 0.458. The molecule has 0 bridgehead atoms. The number of hydrogen-bond acceptors (Lipinski definition) is 4. The fourth-order valence-corrected chi connectivity index (χ4v) is 3.05. The summed E-state index contributed by atoms with van der Waals surface area (Å²) in [5, 5.41) is 2.97. The van der Waals surface area contributed by atoms with Crippen LogP contribution in [0.4, 0.5) is 5.69 Å². The summed E-state index contributed by atoms with van der Waals surface area (Å²) in [6, 6.07) is 11.7. The van der Waals surface area contributed by atoms with Gasteiger partial charge in [-0.1, -0.05) is 12.1 Å². The number of rotatable bonds is 3. The lowest BCUT2D eigenvalue weighted by Gasteiger charge is -2.13. The largest absolute Gasteiger partial charge is 0.436 e. The van der Waals surface area contributed by atoms with Crippen molar-refractivity contribution in [3.63, 3.8) is 0 Å². The summed E-state index contributed by atoms with van der Waals surface area (Å²) in [4.78, 5) is 16.9. The highest BCUT2D eigenvalue weighted by Crippen LogP contribution is 2.28. The monoisotopic (exact) mass is 336 g/mol. The molecule has 3 aromatic rings. The summed E-state index contributed by atoms with van der Waals surface area (Å²) in [5.41, 5.74) is 5.31. The van der Waals surface area contributed by atoms with E-state index in [2.05, 4.69) is 10.3 Å². The third kappa shape index (κ3) is 3.15. The van der Waals surface area contributed by atoms with Crippen molar-refractivity contribution in [1.82, 2.24) is 4.98 Å². The van der Waals surface area contributed by atoms with Gasteiger partial charge in [0.15, 0.2) is 5.58 Å². The Kier molecular flexibility index (Phi) is 4.01. The lowest BCUT2D eigenvalue weighted by atomic mass is 10.1. The first kappa shape index (κ1) is 15.8. The zero-order valence-corrected chi connectivity index (χ0v) is 14.3. The van der Waals surface area contributed by atoms with Crippen LogP contribution in [0.15, 0.2) is 40.8 Å². The molecular weight excluding hydrogens is 316 g/mol. The van der Waals surface area contributed by atoms with Gasteiger partial charge in [0.25, 0.3) is 5.91 Å². The SMILES string of the molecule is Cc1ccc2oc(-c3ccc(C)c(NC(=O)[C@H]4CCCO4)c3)nc2c1. The molecule has 1 amide bonds. The van der Waals surface area contributed by atoms with Gasteiger partial charge in [-0.05, 0) is 62.1 Å². The number of nitrogens with zero attached hydrogens (tertiary/aromatic N) is 1. The van der Waals surface area contributed by atoms with Crippen LogP contribution in [0.5, 0.6) is 0 Å². The minimum Gasteiger partial charge on any atom is -0.436 e. The van der Waals surface area contributed by atoms with Gasteiger partial charge in [-0.2, -0.15) is 0 Å². The van der Waals surface area contributed by atoms with E-state index in [0.717, 1.165) is 46.3 Å². The van der Waals surface area contributed by atoms with Gasteiger partial charge in [0, 0.05) is 17.9 Å². The molecule has 1 fully saturated rings. The van der Waals surface area contributed by atoms with E-state index in [9.17, 15) is 4.79 Å². The highest BCUT2D eigenvalue weighted by Gasteiger charge is 2.24. The number of anilines is 1. The smallest absolute Gasteiger partial charge is 0.253 e. The van der Waals surface area contributed by atoms with E-state index in [0.29, 0.717) is 12.5 Å². The molecule has 1 aliphatic heterocycles. The number of carbonyl (C=O) groups excluding carboxylic acids is 1. The maximum absolute atomic E-state index is 12.3. The minimum absolute atomic E-state index is 0.0917. The maximum Gasteiger partial charge on any atom is 0.253 e. The van der Waals surface area contributed by atoms with Crippen LogP contribution in [-0.2, 0) is 9.53 Å². The Morgan fingerprint density at radius 2 is 2.08 bits per heavy atom. The maximum atomic E-state index is 12.3. The number of hydrogen-bond donors (Lipinski definition) is 1. The molecule has 1 atom stereocenters. The first-order valence-corrected chi connectivity index (χ1v) is 8.51. The van der Waals surface area contributed by atoms with Crippen LogP contribution in [0.1, 0.15) is 24.0 Å². The Bertz CT molecular complexity index is 939. The number of benzene rings is 2. The molecule has 2 heterocycles. The average molecular weight is 336 g/mol. The van der Waals surface area contributed by atoms with Crippen LogP contribution < -0.4 is 5.32 Å². The lowest BCUT2D eigenvalue weighted by Crippen LogP contribution is -2.27. The fourth-order valence-electron chi connectivity index (χ4n) is 3.05. The van der Waals surface area contributed by atoms with E-state index in [-0.39, 0.29) is 12.0 Å². The second-order valence-corrected chi connectivity index (χ2v) is 6.51. The number of fused-ring (bicyclic) bond motifs is 1. The number of aryl methyl sites for hydroxylation is 2. The Morgan fingerprint density at radius 3 is 2.88 bits per heavy atom. The van der Waals surface area contributed by atoms with E-state index in [1.807, 2.05) is 50.2 Å². The van der Waals surface area contributed by atoms with Gasteiger partial charge in [0.1, 0.15) is 11.6 Å². The molecule has 1 saturated heterocycles. The first-order chi connectivity index (χ1) is 12.1. The van der Waals surface area contributed by atoms with E-state index in [4.69, 9.17) is 9.15 Å². The predicted octanol–water partition coefficient (Wildman–Crippen LogP) is 4.23. The number of carbonyl (C=O) groups is 1. The normalized spacial score (nSPS) is 17.1. The molecule has 0 radical (unpaired) electrons. The van der Waals surface area contributed by atoms with Crippen molar-refractivity contribution >= 4 is 22.7 Å². The van der Waals surface area contributed by atoms with Gasteiger partial charge in [0.05, 0.1) is 0 Å². The Balaban J connectivity index is 1.64. The molecule has 5 nitrogen and oxygen atoms in total. The quantitative estimate of drug-likeness (QED) is 0.777. The summed E-state index contributed by atoms with van der Waals surface area (Å²) in [7, 11) is 0. The lowest BCUT2D eigenvalue weighted by molar-refractivity contribution is -0.124. The van der Waals surface area contributed by atoms with Gasteiger partial charge < -0.3 is 14.5 Å². The van der Waals surface area contributed by atoms with E-state index < -0.39 is 0 Å². The van der Waals surface area contributed by atoms with Crippen LogP contribution in [0.2, 0.25) is 0 Å². The van der Waals surface area contributed by atoms with Gasteiger partial charge in [-0.3, -0.25) is 4.79 Å². The summed E-state index contributed by atoms with van der Waals surface area (Å²) >= 11 is 0.